The summed E-state index contributed by atoms with van der Waals surface area (Å²) >= 11 is 0. The van der Waals surface area contributed by atoms with Crippen molar-refractivity contribution in [3.05, 3.63) is 58.0 Å². The zero-order chi connectivity index (χ0) is 17.7. The highest BCUT2D eigenvalue weighted by Gasteiger charge is 2.32. The largest absolute Gasteiger partial charge is 0.573 e. The maximum atomic E-state index is 12.4. The Bertz CT molecular complexity index is 787. The highest BCUT2D eigenvalue weighted by molar-refractivity contribution is 5.91. The first-order valence-corrected chi connectivity index (χ1v) is 7.00. The minimum absolute atomic E-state index is 0.00864. The van der Waals surface area contributed by atoms with Crippen molar-refractivity contribution in [2.24, 2.45) is 0 Å². The van der Waals surface area contributed by atoms with Gasteiger partial charge >= 0.3 is 6.36 Å². The molecule has 128 valence electrons. The summed E-state index contributed by atoms with van der Waals surface area (Å²) in [5, 5.41) is 6.31. The Hall–Kier alpha value is -2.84. The molecular weight excluding hydrogens is 327 g/mol. The van der Waals surface area contributed by atoms with Gasteiger partial charge in [0.1, 0.15) is 11.4 Å². The molecule has 0 unspecified atom stereocenters. The van der Waals surface area contributed by atoms with Gasteiger partial charge in [-0.1, -0.05) is 18.2 Å². The Morgan fingerprint density at radius 2 is 1.96 bits per heavy atom. The smallest absolute Gasteiger partial charge is 0.405 e. The fraction of sp³-hybridized carbons (Fsp3) is 0.267. The Morgan fingerprint density at radius 3 is 2.62 bits per heavy atom. The van der Waals surface area contributed by atoms with Gasteiger partial charge in [-0.3, -0.25) is 9.59 Å². The minimum atomic E-state index is -4.82. The summed E-state index contributed by atoms with van der Waals surface area (Å²) in [5.74, 6) is -1.00. The SMILES string of the molecule is CCn1nc(C(=O)NCc2ccccc2OC(F)(F)F)ccc1=O. The lowest BCUT2D eigenvalue weighted by Crippen LogP contribution is -2.29. The Kier molecular flexibility index (Phi) is 5.22. The summed E-state index contributed by atoms with van der Waals surface area (Å²) in [6.45, 7) is 1.81. The second-order valence-electron chi connectivity index (χ2n) is 4.71. The topological polar surface area (TPSA) is 73.2 Å². The first-order valence-electron chi connectivity index (χ1n) is 7.00. The molecule has 0 bridgehead atoms. The number of alkyl halides is 3. The number of ether oxygens (including phenoxy) is 1. The van der Waals surface area contributed by atoms with E-state index >= 15 is 0 Å². The van der Waals surface area contributed by atoms with Crippen LogP contribution in [0.3, 0.4) is 0 Å². The number of hydrogen-bond donors (Lipinski definition) is 1. The van der Waals surface area contributed by atoms with Gasteiger partial charge in [-0.15, -0.1) is 13.2 Å². The molecule has 0 aliphatic heterocycles. The van der Waals surface area contributed by atoms with E-state index in [0.29, 0.717) is 6.54 Å². The highest BCUT2D eigenvalue weighted by atomic mass is 19.4. The molecule has 2 aromatic rings. The van der Waals surface area contributed by atoms with E-state index in [2.05, 4.69) is 15.2 Å². The summed E-state index contributed by atoms with van der Waals surface area (Å²) in [6, 6.07) is 7.94. The van der Waals surface area contributed by atoms with Crippen LogP contribution in [0.2, 0.25) is 0 Å². The van der Waals surface area contributed by atoms with Gasteiger partial charge in [-0.05, 0) is 19.1 Å². The van der Waals surface area contributed by atoms with E-state index in [1.165, 1.54) is 30.3 Å². The van der Waals surface area contributed by atoms with Crippen LogP contribution in [0.25, 0.3) is 0 Å². The van der Waals surface area contributed by atoms with Crippen molar-refractivity contribution in [3.8, 4) is 5.75 Å². The molecule has 0 saturated carbocycles. The van der Waals surface area contributed by atoms with Gasteiger partial charge in [0.05, 0.1) is 0 Å². The van der Waals surface area contributed by atoms with Gasteiger partial charge in [-0.2, -0.15) is 5.10 Å². The number of aromatic nitrogens is 2. The van der Waals surface area contributed by atoms with E-state index in [-0.39, 0.29) is 23.4 Å². The lowest BCUT2D eigenvalue weighted by Gasteiger charge is -2.13. The molecule has 24 heavy (non-hydrogen) atoms. The van der Waals surface area contributed by atoms with Gasteiger partial charge in [0.15, 0.2) is 0 Å². The third-order valence-electron chi connectivity index (χ3n) is 3.04. The molecule has 0 aliphatic rings. The summed E-state index contributed by atoms with van der Waals surface area (Å²) in [5.41, 5.74) is -0.198. The summed E-state index contributed by atoms with van der Waals surface area (Å²) in [7, 11) is 0. The molecule has 1 aromatic carbocycles. The first-order chi connectivity index (χ1) is 11.3. The van der Waals surface area contributed by atoms with Crippen LogP contribution in [0.5, 0.6) is 5.75 Å². The Labute approximate surface area is 134 Å². The number of carbonyl (C=O) groups excluding carboxylic acids is 1. The van der Waals surface area contributed by atoms with Gasteiger partial charge in [0.25, 0.3) is 11.5 Å². The predicted molar refractivity (Wildman–Crippen MR) is 78.5 cm³/mol. The van der Waals surface area contributed by atoms with E-state index < -0.39 is 18.0 Å². The second kappa shape index (κ2) is 7.16. The molecule has 2 rings (SSSR count). The van der Waals surface area contributed by atoms with Crippen LogP contribution < -0.4 is 15.6 Å². The average molecular weight is 341 g/mol. The summed E-state index contributed by atoms with van der Waals surface area (Å²) < 4.78 is 42.1. The van der Waals surface area contributed by atoms with Crippen molar-refractivity contribution in [2.45, 2.75) is 26.4 Å². The number of hydrogen-bond acceptors (Lipinski definition) is 4. The van der Waals surface area contributed by atoms with Crippen molar-refractivity contribution in [2.75, 3.05) is 0 Å². The minimum Gasteiger partial charge on any atom is -0.405 e. The molecule has 9 heteroatoms. The monoisotopic (exact) mass is 341 g/mol. The number of nitrogens with zero attached hydrogens (tertiary/aromatic N) is 2. The number of amides is 1. The number of nitrogens with one attached hydrogen (secondary N) is 1. The molecule has 0 saturated heterocycles. The standard InChI is InChI=1S/C15H14F3N3O3/c1-2-21-13(22)8-7-11(20-21)14(23)19-9-10-5-3-4-6-12(10)24-15(16,17)18/h3-8H,2,9H2,1H3,(H,19,23). The van der Waals surface area contributed by atoms with E-state index in [9.17, 15) is 22.8 Å². The molecule has 0 radical (unpaired) electrons. The lowest BCUT2D eigenvalue weighted by atomic mass is 10.2. The fourth-order valence-electron chi connectivity index (χ4n) is 1.94. The Morgan fingerprint density at radius 1 is 1.25 bits per heavy atom. The van der Waals surface area contributed by atoms with E-state index in [1.54, 1.807) is 6.92 Å². The molecule has 6 nitrogen and oxygen atoms in total. The van der Waals surface area contributed by atoms with Crippen LogP contribution in [0.15, 0.2) is 41.2 Å². The maximum absolute atomic E-state index is 12.4. The number of halogens is 3. The summed E-state index contributed by atoms with van der Waals surface area (Å²) in [4.78, 5) is 23.5. The lowest BCUT2D eigenvalue weighted by molar-refractivity contribution is -0.274. The van der Waals surface area contributed by atoms with E-state index in [0.717, 1.165) is 10.7 Å². The van der Waals surface area contributed by atoms with Gasteiger partial charge in [0.2, 0.25) is 0 Å². The van der Waals surface area contributed by atoms with E-state index in [1.807, 2.05) is 0 Å². The number of aryl methyl sites for hydroxylation is 1. The Balaban J connectivity index is 2.11. The molecule has 1 amide bonds. The van der Waals surface area contributed by atoms with Crippen molar-refractivity contribution < 1.29 is 22.7 Å². The van der Waals surface area contributed by atoms with Crippen molar-refractivity contribution >= 4 is 5.91 Å². The number of benzene rings is 1. The number of carbonyl (C=O) groups is 1. The van der Waals surface area contributed by atoms with Crippen molar-refractivity contribution in [3.63, 3.8) is 0 Å². The van der Waals surface area contributed by atoms with Crippen LogP contribution in [0.1, 0.15) is 23.0 Å². The molecular formula is C15H14F3N3O3. The zero-order valence-electron chi connectivity index (χ0n) is 12.6. The summed E-state index contributed by atoms with van der Waals surface area (Å²) in [6.07, 6.45) is -4.82. The molecule has 0 atom stereocenters. The normalized spacial score (nSPS) is 11.2. The molecule has 1 N–H and O–H groups in total. The number of rotatable bonds is 5. The van der Waals surface area contributed by atoms with Crippen LogP contribution in [-0.4, -0.2) is 22.1 Å². The van der Waals surface area contributed by atoms with Gasteiger partial charge in [-0.25, -0.2) is 4.68 Å². The maximum Gasteiger partial charge on any atom is 0.573 e. The van der Waals surface area contributed by atoms with Crippen LogP contribution in [0, 0.1) is 0 Å². The third-order valence-corrected chi connectivity index (χ3v) is 3.04. The van der Waals surface area contributed by atoms with Crippen LogP contribution >= 0.6 is 0 Å². The molecule has 1 aromatic heterocycles. The van der Waals surface area contributed by atoms with Crippen molar-refractivity contribution in [1.29, 1.82) is 0 Å². The molecule has 0 fully saturated rings. The molecule has 0 spiro atoms. The third kappa shape index (κ3) is 4.58. The second-order valence-corrected chi connectivity index (χ2v) is 4.71. The highest BCUT2D eigenvalue weighted by Crippen LogP contribution is 2.26. The zero-order valence-corrected chi connectivity index (χ0v) is 12.6. The predicted octanol–water partition coefficient (Wildman–Crippen LogP) is 2.09. The van der Waals surface area contributed by atoms with Crippen LogP contribution in [-0.2, 0) is 13.1 Å². The van der Waals surface area contributed by atoms with Gasteiger partial charge < -0.3 is 10.1 Å². The van der Waals surface area contributed by atoms with Crippen molar-refractivity contribution in [1.82, 2.24) is 15.1 Å². The number of para-hydroxylation sites is 1. The fourth-order valence-corrected chi connectivity index (χ4v) is 1.94. The average Bonchev–Trinajstić information content (AvgIpc) is 2.52. The van der Waals surface area contributed by atoms with Crippen LogP contribution in [0.4, 0.5) is 13.2 Å². The molecule has 1 heterocycles. The first kappa shape index (κ1) is 17.5. The van der Waals surface area contributed by atoms with Gasteiger partial charge in [0, 0.05) is 24.7 Å². The molecule has 0 aliphatic carbocycles. The van der Waals surface area contributed by atoms with E-state index in [4.69, 9.17) is 0 Å². The quantitative estimate of drug-likeness (QED) is 0.904.